The third-order valence-electron chi connectivity index (χ3n) is 5.83. The summed E-state index contributed by atoms with van der Waals surface area (Å²) in [6, 6.07) is 0.523. The van der Waals surface area contributed by atoms with Gasteiger partial charge in [0.1, 0.15) is 0 Å². The highest BCUT2D eigenvalue weighted by Crippen LogP contribution is 2.49. The Morgan fingerprint density at radius 2 is 2.09 bits per heavy atom. The van der Waals surface area contributed by atoms with Crippen LogP contribution in [-0.4, -0.2) is 55.4 Å². The zero-order valence-electron chi connectivity index (χ0n) is 13.9. The summed E-state index contributed by atoms with van der Waals surface area (Å²) in [5.41, 5.74) is 0. The van der Waals surface area contributed by atoms with Crippen molar-refractivity contribution in [2.75, 3.05) is 39.4 Å². The monoisotopic (exact) mass is 325 g/mol. The lowest BCUT2D eigenvalue weighted by Gasteiger charge is -2.29. The summed E-state index contributed by atoms with van der Waals surface area (Å²) in [4.78, 5) is 2.47. The Balaban J connectivity index is 1.27. The number of rotatable bonds is 6. The van der Waals surface area contributed by atoms with Crippen LogP contribution in [0.4, 0.5) is 0 Å². The van der Waals surface area contributed by atoms with Crippen molar-refractivity contribution in [3.63, 3.8) is 0 Å². The van der Waals surface area contributed by atoms with Crippen molar-refractivity contribution in [2.45, 2.75) is 45.1 Å². The first-order chi connectivity index (χ1) is 10.7. The molecule has 1 aliphatic heterocycles. The van der Waals surface area contributed by atoms with Crippen LogP contribution in [0.25, 0.3) is 0 Å². The molecule has 0 aromatic rings. The lowest BCUT2D eigenvalue weighted by Crippen LogP contribution is -2.45. The first-order valence-electron chi connectivity index (χ1n) is 9.07. The number of nitrogens with zero attached hydrogens (tertiary/aromatic N) is 1. The molecule has 0 aromatic carbocycles. The maximum Gasteiger partial charge on any atom is 0.166 e. The molecule has 0 radical (unpaired) electrons. The standard InChI is InChI=1S/C17H31N3OS/c1-13(16-12-14-3-4-15(16)11-14)19-17(22)18-5-2-6-20-7-9-21-10-8-20/h13-16H,2-12H2,1H3,(H2,18,19,22)/t13-,14-,15-,16-/m1/s1. The second-order valence-corrected chi connectivity index (χ2v) is 7.74. The maximum atomic E-state index is 5.47. The molecule has 0 aromatic heterocycles. The number of fused-ring (bicyclic) bond motifs is 2. The van der Waals surface area contributed by atoms with E-state index < -0.39 is 0 Å². The van der Waals surface area contributed by atoms with Crippen molar-refractivity contribution in [3.05, 3.63) is 0 Å². The van der Waals surface area contributed by atoms with Crippen molar-refractivity contribution >= 4 is 17.3 Å². The molecule has 1 heterocycles. The van der Waals surface area contributed by atoms with Gasteiger partial charge in [-0.2, -0.15) is 0 Å². The van der Waals surface area contributed by atoms with Crippen LogP contribution < -0.4 is 10.6 Å². The predicted molar refractivity (Wildman–Crippen MR) is 94.0 cm³/mol. The Morgan fingerprint density at radius 3 is 2.77 bits per heavy atom. The fraction of sp³-hybridized carbons (Fsp3) is 0.941. The Kier molecular flexibility index (Phi) is 5.94. The molecule has 0 unspecified atom stereocenters. The largest absolute Gasteiger partial charge is 0.379 e. The highest BCUT2D eigenvalue weighted by atomic mass is 32.1. The molecule has 126 valence electrons. The summed E-state index contributed by atoms with van der Waals surface area (Å²) in [6.07, 6.45) is 6.94. The third-order valence-corrected chi connectivity index (χ3v) is 6.10. The Morgan fingerprint density at radius 1 is 1.27 bits per heavy atom. The van der Waals surface area contributed by atoms with Gasteiger partial charge in [-0.3, -0.25) is 4.90 Å². The fourth-order valence-electron chi connectivity index (χ4n) is 4.60. The molecule has 22 heavy (non-hydrogen) atoms. The minimum Gasteiger partial charge on any atom is -0.379 e. The van der Waals surface area contributed by atoms with E-state index in [1.807, 2.05) is 0 Å². The molecular formula is C17H31N3OS. The number of morpholine rings is 1. The summed E-state index contributed by atoms with van der Waals surface area (Å²) in [7, 11) is 0. The zero-order valence-corrected chi connectivity index (χ0v) is 14.7. The van der Waals surface area contributed by atoms with E-state index in [2.05, 4.69) is 22.5 Å². The molecular weight excluding hydrogens is 294 g/mol. The van der Waals surface area contributed by atoms with Gasteiger partial charge in [0.05, 0.1) is 13.2 Å². The highest BCUT2D eigenvalue weighted by molar-refractivity contribution is 7.80. The molecule has 1 saturated heterocycles. The van der Waals surface area contributed by atoms with E-state index in [-0.39, 0.29) is 0 Å². The van der Waals surface area contributed by atoms with Gasteiger partial charge in [0.2, 0.25) is 0 Å². The van der Waals surface area contributed by atoms with Crippen LogP contribution in [0.1, 0.15) is 39.0 Å². The molecule has 4 atom stereocenters. The maximum absolute atomic E-state index is 5.47. The van der Waals surface area contributed by atoms with Gasteiger partial charge in [-0.1, -0.05) is 6.42 Å². The first-order valence-corrected chi connectivity index (χ1v) is 9.47. The molecule has 0 spiro atoms. The highest BCUT2D eigenvalue weighted by Gasteiger charge is 2.41. The van der Waals surface area contributed by atoms with Gasteiger partial charge in [0.15, 0.2) is 5.11 Å². The molecule has 4 nitrogen and oxygen atoms in total. The van der Waals surface area contributed by atoms with Crippen LogP contribution in [0.15, 0.2) is 0 Å². The van der Waals surface area contributed by atoms with E-state index in [1.165, 1.54) is 25.7 Å². The number of hydrogen-bond acceptors (Lipinski definition) is 3. The van der Waals surface area contributed by atoms with Crippen LogP contribution in [-0.2, 0) is 4.74 Å². The molecule has 2 N–H and O–H groups in total. The predicted octanol–water partition coefficient (Wildman–Crippen LogP) is 2.00. The van der Waals surface area contributed by atoms with Gasteiger partial charge in [0.25, 0.3) is 0 Å². The Bertz CT molecular complexity index is 373. The molecule has 2 bridgehead atoms. The van der Waals surface area contributed by atoms with E-state index in [0.29, 0.717) is 6.04 Å². The average molecular weight is 326 g/mol. The Labute approximate surface area is 140 Å². The van der Waals surface area contributed by atoms with Gasteiger partial charge < -0.3 is 15.4 Å². The molecule has 5 heteroatoms. The van der Waals surface area contributed by atoms with Crippen LogP contribution in [0.2, 0.25) is 0 Å². The van der Waals surface area contributed by atoms with Crippen LogP contribution in [0, 0.1) is 17.8 Å². The summed E-state index contributed by atoms with van der Waals surface area (Å²) in [5, 5.41) is 7.76. The second kappa shape index (κ2) is 7.93. The normalized spacial score (nSPS) is 32.9. The van der Waals surface area contributed by atoms with E-state index in [1.54, 1.807) is 0 Å². The third kappa shape index (κ3) is 4.33. The van der Waals surface area contributed by atoms with Crippen LogP contribution >= 0.6 is 12.2 Å². The minimum absolute atomic E-state index is 0.523. The number of ether oxygens (including phenoxy) is 1. The van der Waals surface area contributed by atoms with Crippen molar-refractivity contribution in [1.82, 2.24) is 15.5 Å². The number of nitrogens with one attached hydrogen (secondary N) is 2. The van der Waals surface area contributed by atoms with Gasteiger partial charge in [-0.15, -0.1) is 0 Å². The summed E-state index contributed by atoms with van der Waals surface area (Å²) >= 11 is 5.47. The van der Waals surface area contributed by atoms with Crippen molar-refractivity contribution in [1.29, 1.82) is 0 Å². The molecule has 2 aliphatic carbocycles. The summed E-state index contributed by atoms with van der Waals surface area (Å²) in [6.45, 7) is 8.33. The first kappa shape index (κ1) is 16.5. The lowest BCUT2D eigenvalue weighted by atomic mass is 9.84. The van der Waals surface area contributed by atoms with Crippen molar-refractivity contribution in [3.8, 4) is 0 Å². The van der Waals surface area contributed by atoms with E-state index >= 15 is 0 Å². The van der Waals surface area contributed by atoms with Gasteiger partial charge >= 0.3 is 0 Å². The van der Waals surface area contributed by atoms with E-state index in [9.17, 15) is 0 Å². The van der Waals surface area contributed by atoms with Crippen molar-refractivity contribution in [2.24, 2.45) is 17.8 Å². The molecule has 3 aliphatic rings. The average Bonchev–Trinajstić information content (AvgIpc) is 3.15. The molecule has 2 saturated carbocycles. The van der Waals surface area contributed by atoms with E-state index in [0.717, 1.165) is 68.7 Å². The SMILES string of the molecule is C[C@@H](NC(=S)NCCCN1CCOCC1)[C@H]1C[C@@H]2CC[C@@H]1C2. The molecule has 0 amide bonds. The number of thiocarbonyl (C=S) groups is 1. The minimum atomic E-state index is 0.523. The topological polar surface area (TPSA) is 36.5 Å². The van der Waals surface area contributed by atoms with E-state index in [4.69, 9.17) is 17.0 Å². The number of hydrogen-bond donors (Lipinski definition) is 2. The lowest BCUT2D eigenvalue weighted by molar-refractivity contribution is 0.0376. The smallest absolute Gasteiger partial charge is 0.166 e. The van der Waals surface area contributed by atoms with Gasteiger partial charge in [-0.05, 0) is 69.1 Å². The second-order valence-electron chi connectivity index (χ2n) is 7.34. The summed E-state index contributed by atoms with van der Waals surface area (Å²) < 4.78 is 5.37. The fourth-order valence-corrected chi connectivity index (χ4v) is 4.89. The van der Waals surface area contributed by atoms with Gasteiger partial charge in [0, 0.05) is 25.7 Å². The molecule has 3 rings (SSSR count). The summed E-state index contributed by atoms with van der Waals surface area (Å²) in [5.74, 6) is 2.80. The molecule has 3 fully saturated rings. The van der Waals surface area contributed by atoms with Crippen molar-refractivity contribution < 1.29 is 4.74 Å². The van der Waals surface area contributed by atoms with Crippen LogP contribution in [0.5, 0.6) is 0 Å². The Hall–Kier alpha value is -0.390. The van der Waals surface area contributed by atoms with Crippen LogP contribution in [0.3, 0.4) is 0 Å². The van der Waals surface area contributed by atoms with Gasteiger partial charge in [-0.25, -0.2) is 0 Å². The zero-order chi connectivity index (χ0) is 15.4. The quantitative estimate of drug-likeness (QED) is 0.577.